The van der Waals surface area contributed by atoms with Crippen LogP contribution in [0.2, 0.25) is 0 Å². The maximum Gasteiger partial charge on any atom is 0.318 e. The number of carbonyl (C=O) groups excluding carboxylic acids is 1. The molecule has 0 aliphatic carbocycles. The number of aromatic nitrogens is 1. The molecule has 0 atom stereocenters. The molecule has 8 heteroatoms. The van der Waals surface area contributed by atoms with Crippen molar-refractivity contribution in [2.24, 2.45) is 12.2 Å². The first-order chi connectivity index (χ1) is 16.7. The molecule has 0 saturated carbocycles. The molecule has 5 rings (SSSR count). The maximum absolute atomic E-state index is 12.4. The number of azide groups is 1. The van der Waals surface area contributed by atoms with Crippen LogP contribution in [0.15, 0.2) is 95.9 Å². The molecule has 1 aliphatic rings. The molecular formula is C26H20N5O2S+. The van der Waals surface area contributed by atoms with Crippen molar-refractivity contribution in [2.45, 2.75) is 0 Å². The van der Waals surface area contributed by atoms with Crippen LogP contribution in [0.1, 0.15) is 10.6 Å². The van der Waals surface area contributed by atoms with E-state index in [2.05, 4.69) is 38.9 Å². The first-order valence-corrected chi connectivity index (χ1v) is 11.4. The Morgan fingerprint density at radius 1 is 1.09 bits per heavy atom. The van der Waals surface area contributed by atoms with Gasteiger partial charge in [0, 0.05) is 34.4 Å². The number of hydrogen-bond donors (Lipinski definition) is 0. The largest absolute Gasteiger partial charge is 0.409 e. The zero-order valence-corrected chi connectivity index (χ0v) is 19.1. The fraction of sp³-hybridized carbons (Fsp3) is 0.0769. The van der Waals surface area contributed by atoms with Gasteiger partial charge in [-0.2, -0.15) is 4.57 Å². The van der Waals surface area contributed by atoms with Crippen molar-refractivity contribution < 1.29 is 14.1 Å². The van der Waals surface area contributed by atoms with Crippen LogP contribution in [0.5, 0.6) is 0 Å². The molecule has 0 unspecified atom stereocenters. The number of hydrogen-bond acceptors (Lipinski definition) is 5. The summed E-state index contributed by atoms with van der Waals surface area (Å²) in [6.45, 7) is -0.386. The number of nitrogens with zero attached hydrogens (tertiary/aromatic N) is 5. The summed E-state index contributed by atoms with van der Waals surface area (Å²) in [4.78, 5) is 17.0. The Bertz CT molecular complexity index is 1500. The number of fused-ring (bicyclic) bond motifs is 2. The summed E-state index contributed by atoms with van der Waals surface area (Å²) in [6.07, 6.45) is 3.96. The molecular weight excluding hydrogens is 446 g/mol. The Morgan fingerprint density at radius 2 is 1.82 bits per heavy atom. The summed E-state index contributed by atoms with van der Waals surface area (Å²) in [5.74, 6) is -0.283. The minimum absolute atomic E-state index is 0.345. The van der Waals surface area contributed by atoms with E-state index < -0.39 is 5.97 Å². The van der Waals surface area contributed by atoms with Gasteiger partial charge in [0.15, 0.2) is 0 Å². The van der Waals surface area contributed by atoms with Crippen LogP contribution in [-0.2, 0) is 16.6 Å². The van der Waals surface area contributed by atoms with Crippen LogP contribution < -0.4 is 9.47 Å². The fourth-order valence-corrected chi connectivity index (χ4v) is 5.07. The van der Waals surface area contributed by atoms with Crippen molar-refractivity contribution in [2.75, 3.05) is 11.4 Å². The fourth-order valence-electron chi connectivity index (χ4n) is 3.96. The van der Waals surface area contributed by atoms with Gasteiger partial charge >= 0.3 is 5.97 Å². The van der Waals surface area contributed by atoms with Crippen LogP contribution in [0.4, 0.5) is 11.4 Å². The van der Waals surface area contributed by atoms with Crippen molar-refractivity contribution in [3.8, 4) is 0 Å². The highest BCUT2D eigenvalue weighted by atomic mass is 32.1. The van der Waals surface area contributed by atoms with Gasteiger partial charge in [-0.1, -0.05) is 65.0 Å². The van der Waals surface area contributed by atoms with Gasteiger partial charge in [0.2, 0.25) is 11.4 Å². The van der Waals surface area contributed by atoms with E-state index in [1.54, 1.807) is 11.3 Å². The smallest absolute Gasteiger partial charge is 0.318 e. The first-order valence-electron chi connectivity index (χ1n) is 10.6. The summed E-state index contributed by atoms with van der Waals surface area (Å²) in [5.41, 5.74) is 13.4. The molecule has 34 heavy (non-hydrogen) atoms. The third-order valence-corrected chi connectivity index (χ3v) is 6.67. The topological polar surface area (TPSA) is 82.2 Å². The van der Waals surface area contributed by atoms with Gasteiger partial charge in [0.05, 0.1) is 5.69 Å². The normalized spacial score (nSPS) is 13.9. The van der Waals surface area contributed by atoms with Gasteiger partial charge in [0.1, 0.15) is 18.3 Å². The van der Waals surface area contributed by atoms with Gasteiger partial charge < -0.3 is 4.74 Å². The maximum atomic E-state index is 12.4. The van der Waals surface area contributed by atoms with Crippen LogP contribution in [0.3, 0.4) is 0 Å². The van der Waals surface area contributed by atoms with E-state index in [-0.39, 0.29) is 6.54 Å². The number of carbonyl (C=O) groups is 1. The van der Waals surface area contributed by atoms with Crippen LogP contribution in [0, 0.1) is 0 Å². The summed E-state index contributed by atoms with van der Waals surface area (Å²) < 4.78 is 9.06. The third kappa shape index (κ3) is 4.03. The van der Waals surface area contributed by atoms with Crippen molar-refractivity contribution in [3.63, 3.8) is 0 Å². The third-order valence-electron chi connectivity index (χ3n) is 5.50. The van der Waals surface area contributed by atoms with Crippen LogP contribution in [0.25, 0.3) is 32.3 Å². The Labute approximate surface area is 200 Å². The molecule has 0 radical (unpaired) electrons. The molecule has 0 fully saturated rings. The zero-order valence-electron chi connectivity index (χ0n) is 18.3. The molecule has 2 heterocycles. The standard InChI is InChI=1S/C26H20N5O2S/c1-30-22-13-7-8-14-23(22)34-25(30)16-18-15-24(33-26(32)17-28-29-27)31(19-9-3-2-4-10-19)21-12-6-5-11-20(18)21/h2-16H,17H2,1H3/q+1. The highest BCUT2D eigenvalue weighted by Gasteiger charge is 2.28. The highest BCUT2D eigenvalue weighted by Crippen LogP contribution is 2.42. The van der Waals surface area contributed by atoms with E-state index in [9.17, 15) is 4.79 Å². The van der Waals surface area contributed by atoms with E-state index in [0.717, 1.165) is 33.0 Å². The predicted octanol–water partition coefficient (Wildman–Crippen LogP) is 6.11. The lowest BCUT2D eigenvalue weighted by Crippen LogP contribution is -2.29. The average molecular weight is 467 g/mol. The lowest BCUT2D eigenvalue weighted by atomic mass is 9.98. The van der Waals surface area contributed by atoms with E-state index in [4.69, 9.17) is 10.3 Å². The summed E-state index contributed by atoms with van der Waals surface area (Å²) in [6, 6.07) is 26.0. The first kappa shape index (κ1) is 21.5. The quantitative estimate of drug-likeness (QED) is 0.117. The molecule has 0 bridgehead atoms. The predicted molar refractivity (Wildman–Crippen MR) is 134 cm³/mol. The molecule has 0 amide bonds. The van der Waals surface area contributed by atoms with Gasteiger partial charge in [0.25, 0.3) is 5.01 Å². The Kier molecular flexibility index (Phi) is 5.82. The SMILES string of the molecule is C[n+]1c(/C=C2/C=C(OC(=O)CN=[N+]=[N-])N(c3ccccc3)c3ccccc32)sc2ccccc21. The second-order valence-corrected chi connectivity index (χ2v) is 8.66. The molecule has 166 valence electrons. The zero-order chi connectivity index (χ0) is 23.5. The van der Waals surface area contributed by atoms with E-state index in [1.807, 2.05) is 78.7 Å². The Balaban J connectivity index is 1.67. The second-order valence-electron chi connectivity index (χ2n) is 7.60. The van der Waals surface area contributed by atoms with Crippen molar-refractivity contribution >= 4 is 50.5 Å². The average Bonchev–Trinajstić information content (AvgIpc) is 3.18. The van der Waals surface area contributed by atoms with E-state index >= 15 is 0 Å². The van der Waals surface area contributed by atoms with Crippen LogP contribution in [-0.4, -0.2) is 12.5 Å². The number of benzene rings is 3. The number of thiazole rings is 1. The Hall–Kier alpha value is -4.39. The molecule has 3 aromatic carbocycles. The number of para-hydroxylation sites is 3. The summed E-state index contributed by atoms with van der Waals surface area (Å²) in [7, 11) is 2.04. The number of ether oxygens (including phenoxy) is 1. The minimum atomic E-state index is -0.629. The number of aryl methyl sites for hydroxylation is 1. The molecule has 0 spiro atoms. The van der Waals surface area contributed by atoms with Gasteiger partial charge in [-0.25, -0.2) is 0 Å². The summed E-state index contributed by atoms with van der Waals surface area (Å²) in [5, 5.41) is 4.41. The van der Waals surface area contributed by atoms with E-state index in [0.29, 0.717) is 5.88 Å². The molecule has 0 N–H and O–H groups in total. The van der Waals surface area contributed by atoms with E-state index in [1.165, 1.54) is 4.70 Å². The molecule has 1 aromatic heterocycles. The second kappa shape index (κ2) is 9.23. The lowest BCUT2D eigenvalue weighted by molar-refractivity contribution is -0.642. The van der Waals surface area contributed by atoms with Crippen molar-refractivity contribution in [1.82, 2.24) is 0 Å². The van der Waals surface area contributed by atoms with Crippen LogP contribution >= 0.6 is 11.3 Å². The number of allylic oxidation sites excluding steroid dienone is 2. The highest BCUT2D eigenvalue weighted by molar-refractivity contribution is 7.18. The molecule has 7 nitrogen and oxygen atoms in total. The summed E-state index contributed by atoms with van der Waals surface area (Å²) >= 11 is 1.70. The van der Waals surface area contributed by atoms with Gasteiger partial charge in [-0.15, -0.1) is 0 Å². The van der Waals surface area contributed by atoms with Crippen molar-refractivity contribution in [1.29, 1.82) is 0 Å². The Morgan fingerprint density at radius 3 is 2.62 bits per heavy atom. The number of esters is 1. The van der Waals surface area contributed by atoms with Gasteiger partial charge in [-0.3, -0.25) is 9.69 Å². The molecule has 0 saturated heterocycles. The molecule has 1 aliphatic heterocycles. The number of anilines is 2. The van der Waals surface area contributed by atoms with Gasteiger partial charge in [-0.05, 0) is 35.4 Å². The minimum Gasteiger partial charge on any atom is -0.409 e. The lowest BCUT2D eigenvalue weighted by Gasteiger charge is -2.32. The van der Waals surface area contributed by atoms with Crippen molar-refractivity contribution in [3.05, 3.63) is 112 Å². The molecule has 4 aromatic rings. The number of rotatable bonds is 5. The monoisotopic (exact) mass is 466 g/mol.